The van der Waals surface area contributed by atoms with Gasteiger partial charge in [0.1, 0.15) is 6.04 Å². The number of anilines is 2. The van der Waals surface area contributed by atoms with Crippen molar-refractivity contribution in [2.75, 3.05) is 43.1 Å². The zero-order valence-corrected chi connectivity index (χ0v) is 21.0. The number of benzene rings is 3. The summed E-state index contributed by atoms with van der Waals surface area (Å²) >= 11 is 0. The molecule has 2 aliphatic heterocycles. The highest BCUT2D eigenvalue weighted by Crippen LogP contribution is 2.24. The molecule has 1 saturated heterocycles. The van der Waals surface area contributed by atoms with Crippen LogP contribution in [0.3, 0.4) is 0 Å². The van der Waals surface area contributed by atoms with E-state index in [2.05, 4.69) is 31.6 Å². The Morgan fingerprint density at radius 2 is 1.76 bits per heavy atom. The Kier molecular flexibility index (Phi) is 7.58. The van der Waals surface area contributed by atoms with Crippen molar-refractivity contribution in [1.82, 2.24) is 5.32 Å². The van der Waals surface area contributed by atoms with E-state index in [-0.39, 0.29) is 17.9 Å². The number of carbonyl (C=O) groups is 1. The monoisotopic (exact) mass is 496 g/mol. The number of nitrogens with two attached hydrogens (primary N) is 1. The summed E-state index contributed by atoms with van der Waals surface area (Å²) in [5.74, 6) is 0.123. The summed E-state index contributed by atoms with van der Waals surface area (Å²) in [6, 6.07) is 23.3. The molecule has 1 unspecified atom stereocenters. The van der Waals surface area contributed by atoms with E-state index < -0.39 is 0 Å². The molecule has 5 rings (SSSR count). The number of fused-ring (bicyclic) bond motifs is 1. The molecular weight excluding hydrogens is 464 g/mol. The minimum absolute atomic E-state index is 0.0682. The fourth-order valence-electron chi connectivity index (χ4n) is 4.70. The van der Waals surface area contributed by atoms with Gasteiger partial charge in [0.05, 0.1) is 18.9 Å². The first kappa shape index (κ1) is 24.7. The Bertz CT molecular complexity index is 1290. The number of rotatable bonds is 5. The number of amides is 1. The second-order valence-electron chi connectivity index (χ2n) is 9.19. The highest BCUT2D eigenvalue weighted by Gasteiger charge is 2.25. The lowest BCUT2D eigenvalue weighted by Crippen LogP contribution is -2.38. The van der Waals surface area contributed by atoms with Gasteiger partial charge in [-0.15, -0.1) is 0 Å². The minimum atomic E-state index is -0.355. The Labute approximate surface area is 217 Å². The lowest BCUT2D eigenvalue weighted by molar-refractivity contribution is -0.118. The Morgan fingerprint density at radius 1 is 1.03 bits per heavy atom. The molecule has 1 fully saturated rings. The molecule has 37 heavy (non-hydrogen) atoms. The van der Waals surface area contributed by atoms with Crippen molar-refractivity contribution in [2.45, 2.75) is 19.4 Å². The van der Waals surface area contributed by atoms with Gasteiger partial charge < -0.3 is 26.0 Å². The Hall–Kier alpha value is -4.01. The van der Waals surface area contributed by atoms with Gasteiger partial charge in [-0.25, -0.2) is 9.98 Å². The first-order valence-corrected chi connectivity index (χ1v) is 12.6. The van der Waals surface area contributed by atoms with Gasteiger partial charge in [-0.1, -0.05) is 36.4 Å². The Morgan fingerprint density at radius 3 is 2.51 bits per heavy atom. The van der Waals surface area contributed by atoms with E-state index in [0.29, 0.717) is 0 Å². The largest absolute Gasteiger partial charge is 0.378 e. The Balaban J connectivity index is 1.21. The molecule has 0 saturated carbocycles. The lowest BCUT2D eigenvalue weighted by atomic mass is 9.94. The fourth-order valence-corrected chi connectivity index (χ4v) is 4.70. The maximum Gasteiger partial charge on any atom is 0.246 e. The molecule has 0 bridgehead atoms. The first-order valence-electron chi connectivity index (χ1n) is 12.6. The molecule has 2 aliphatic rings. The summed E-state index contributed by atoms with van der Waals surface area (Å²) in [6.07, 6.45) is 0.930. The van der Waals surface area contributed by atoms with Crippen molar-refractivity contribution >= 4 is 34.6 Å². The summed E-state index contributed by atoms with van der Waals surface area (Å²) in [6.45, 7) is 5.95. The van der Waals surface area contributed by atoms with Gasteiger partial charge in [-0.2, -0.15) is 0 Å². The van der Waals surface area contributed by atoms with Crippen molar-refractivity contribution in [2.24, 2.45) is 15.7 Å². The van der Waals surface area contributed by atoms with Gasteiger partial charge in [-0.3, -0.25) is 4.79 Å². The van der Waals surface area contributed by atoms with E-state index in [0.717, 1.165) is 73.2 Å². The third kappa shape index (κ3) is 6.04. The predicted molar refractivity (Wildman–Crippen MR) is 149 cm³/mol. The highest BCUT2D eigenvalue weighted by molar-refractivity contribution is 6.06. The molecule has 8 heteroatoms. The van der Waals surface area contributed by atoms with Crippen LogP contribution in [0.4, 0.5) is 17.1 Å². The molecule has 1 amide bonds. The molecule has 8 nitrogen and oxygen atoms in total. The van der Waals surface area contributed by atoms with Gasteiger partial charge in [0.2, 0.25) is 11.9 Å². The van der Waals surface area contributed by atoms with Crippen LogP contribution in [-0.2, 0) is 16.0 Å². The lowest BCUT2D eigenvalue weighted by Gasteiger charge is -2.28. The molecule has 0 radical (unpaired) electrons. The average molecular weight is 497 g/mol. The van der Waals surface area contributed by atoms with Crippen LogP contribution >= 0.6 is 0 Å². The third-order valence-corrected chi connectivity index (χ3v) is 6.69. The van der Waals surface area contributed by atoms with Crippen molar-refractivity contribution < 1.29 is 9.53 Å². The number of hydrogen-bond donors (Lipinski definition) is 3. The zero-order valence-electron chi connectivity index (χ0n) is 21.0. The van der Waals surface area contributed by atoms with Crippen LogP contribution in [0.1, 0.15) is 29.7 Å². The number of guanidine groups is 1. The van der Waals surface area contributed by atoms with Crippen molar-refractivity contribution in [3.05, 3.63) is 89.5 Å². The molecule has 3 aromatic rings. The maximum atomic E-state index is 12.9. The number of nitrogens with zero attached hydrogens (tertiary/aromatic N) is 3. The van der Waals surface area contributed by atoms with E-state index in [4.69, 9.17) is 10.5 Å². The van der Waals surface area contributed by atoms with Crippen LogP contribution in [0.5, 0.6) is 0 Å². The number of ether oxygens (including phenoxy) is 1. The summed E-state index contributed by atoms with van der Waals surface area (Å²) in [4.78, 5) is 24.1. The molecule has 0 spiro atoms. The fraction of sp³-hybridized carbons (Fsp3) is 0.276. The first-order chi connectivity index (χ1) is 18.1. The maximum absolute atomic E-state index is 12.9. The van der Waals surface area contributed by atoms with Crippen LogP contribution in [0.2, 0.25) is 0 Å². The second kappa shape index (κ2) is 11.4. The van der Waals surface area contributed by atoms with E-state index in [1.54, 1.807) is 0 Å². The molecule has 2 heterocycles. The third-order valence-electron chi connectivity index (χ3n) is 6.69. The van der Waals surface area contributed by atoms with Crippen molar-refractivity contribution in [1.29, 1.82) is 0 Å². The highest BCUT2D eigenvalue weighted by atomic mass is 16.5. The molecular formula is C29H32N6O2. The van der Waals surface area contributed by atoms with Gasteiger partial charge in [-0.05, 0) is 66.4 Å². The number of aliphatic imine (C=N–C) groups is 2. The van der Waals surface area contributed by atoms with Gasteiger partial charge in [0.25, 0.3) is 0 Å². The van der Waals surface area contributed by atoms with E-state index in [1.807, 2.05) is 73.7 Å². The number of hydrogen-bond acceptors (Lipinski definition) is 5. The SMILES string of the molecule is CC(=NC(N)=Nc1ccc(N2CCOCC2)cc1)c1ccc(NC(=O)C2NCCc3ccccc32)cc1. The van der Waals surface area contributed by atoms with Crippen LogP contribution in [-0.4, -0.2) is 50.4 Å². The van der Waals surface area contributed by atoms with E-state index >= 15 is 0 Å². The normalized spacial score (nSPS) is 18.3. The molecule has 4 N–H and O–H groups in total. The van der Waals surface area contributed by atoms with Gasteiger partial charge in [0, 0.05) is 36.7 Å². The summed E-state index contributed by atoms with van der Waals surface area (Å²) in [7, 11) is 0. The van der Waals surface area contributed by atoms with Crippen LogP contribution in [0, 0.1) is 0 Å². The summed E-state index contributed by atoms with van der Waals surface area (Å²) < 4.78 is 5.42. The predicted octanol–water partition coefficient (Wildman–Crippen LogP) is 3.80. The second-order valence-corrected chi connectivity index (χ2v) is 9.19. The standard InChI is InChI=1S/C29H32N6O2/c1-20(32-29(30)34-24-10-12-25(13-11-24)35-16-18-37-19-17-35)21-6-8-23(9-7-21)33-28(36)27-26-5-3-2-4-22(26)14-15-31-27/h2-13,27,31H,14-19H2,1H3,(H2,30,34)(H,33,36). The number of carbonyl (C=O) groups excluding carboxylic acids is 1. The van der Waals surface area contributed by atoms with Gasteiger partial charge in [0.15, 0.2) is 0 Å². The van der Waals surface area contributed by atoms with Crippen molar-refractivity contribution in [3.63, 3.8) is 0 Å². The number of morpholine rings is 1. The minimum Gasteiger partial charge on any atom is -0.378 e. The van der Waals surface area contributed by atoms with E-state index in [1.165, 1.54) is 5.56 Å². The molecule has 190 valence electrons. The quantitative estimate of drug-likeness (QED) is 0.368. The number of nitrogens with one attached hydrogen (secondary N) is 2. The molecule has 3 aromatic carbocycles. The smallest absolute Gasteiger partial charge is 0.246 e. The molecule has 0 aromatic heterocycles. The average Bonchev–Trinajstić information content (AvgIpc) is 2.94. The summed E-state index contributed by atoms with van der Waals surface area (Å²) in [5.41, 5.74) is 12.6. The van der Waals surface area contributed by atoms with E-state index in [9.17, 15) is 4.79 Å². The summed E-state index contributed by atoms with van der Waals surface area (Å²) in [5, 5.41) is 6.34. The molecule has 1 atom stereocenters. The zero-order chi connectivity index (χ0) is 25.6. The van der Waals surface area contributed by atoms with Crippen LogP contribution in [0.25, 0.3) is 0 Å². The van der Waals surface area contributed by atoms with Crippen LogP contribution in [0.15, 0.2) is 82.8 Å². The molecule has 0 aliphatic carbocycles. The van der Waals surface area contributed by atoms with Crippen molar-refractivity contribution in [3.8, 4) is 0 Å². The van der Waals surface area contributed by atoms with Crippen LogP contribution < -0.4 is 21.3 Å². The van der Waals surface area contributed by atoms with Gasteiger partial charge >= 0.3 is 0 Å². The topological polar surface area (TPSA) is 104 Å².